The lowest BCUT2D eigenvalue weighted by atomic mass is 10.2. The number of amides is 1. The van der Waals surface area contributed by atoms with Crippen LogP contribution in [0.3, 0.4) is 0 Å². The minimum atomic E-state index is -0.497. The van der Waals surface area contributed by atoms with Gasteiger partial charge in [0, 0.05) is 26.3 Å². The van der Waals surface area contributed by atoms with Crippen LogP contribution in [0.1, 0.15) is 32.9 Å². The fourth-order valence-corrected chi connectivity index (χ4v) is 3.23. The number of aromatic nitrogens is 2. The number of aliphatic imine (C=N–C) groups is 1. The van der Waals surface area contributed by atoms with Crippen LogP contribution in [-0.2, 0) is 11.3 Å². The fourth-order valence-electron chi connectivity index (χ4n) is 3.23. The van der Waals surface area contributed by atoms with Crippen molar-refractivity contribution in [1.29, 1.82) is 0 Å². The van der Waals surface area contributed by atoms with Crippen LogP contribution in [0.4, 0.5) is 4.79 Å². The zero-order valence-corrected chi connectivity index (χ0v) is 20.3. The Balaban J connectivity index is 0.00000320. The van der Waals surface area contributed by atoms with Gasteiger partial charge < -0.3 is 20.3 Å². The van der Waals surface area contributed by atoms with Gasteiger partial charge in [-0.3, -0.25) is 4.99 Å². The van der Waals surface area contributed by atoms with Crippen LogP contribution < -0.4 is 10.6 Å². The molecule has 0 spiro atoms. The SMILES string of the molecule is CN=C(NCc1ccn(-c2ccccc2)n1)N1CC[C@@H](NC(=O)OC(C)(C)C)C1.I. The number of alkyl carbamates (subject to hydrolysis) is 1. The molecule has 0 radical (unpaired) electrons. The summed E-state index contributed by atoms with van der Waals surface area (Å²) in [5.41, 5.74) is 1.46. The molecule has 2 heterocycles. The molecule has 1 aliphatic rings. The third-order valence-electron chi connectivity index (χ3n) is 4.51. The summed E-state index contributed by atoms with van der Waals surface area (Å²) in [5, 5.41) is 10.9. The largest absolute Gasteiger partial charge is 0.444 e. The van der Waals surface area contributed by atoms with E-state index >= 15 is 0 Å². The van der Waals surface area contributed by atoms with Gasteiger partial charge >= 0.3 is 6.09 Å². The zero-order valence-electron chi connectivity index (χ0n) is 18.0. The number of benzene rings is 1. The van der Waals surface area contributed by atoms with E-state index in [1.54, 1.807) is 7.05 Å². The number of para-hydroxylation sites is 1. The second-order valence-corrected chi connectivity index (χ2v) is 8.07. The summed E-state index contributed by atoms with van der Waals surface area (Å²) in [6.07, 6.45) is 2.42. The minimum Gasteiger partial charge on any atom is -0.444 e. The molecule has 1 aromatic heterocycles. The summed E-state index contributed by atoms with van der Waals surface area (Å²) in [7, 11) is 1.76. The normalized spacial score (nSPS) is 16.7. The second-order valence-electron chi connectivity index (χ2n) is 8.07. The first-order valence-corrected chi connectivity index (χ1v) is 9.89. The van der Waals surface area contributed by atoms with Crippen LogP contribution in [0, 0.1) is 0 Å². The highest BCUT2D eigenvalue weighted by atomic mass is 127. The standard InChI is InChI=1S/C21H30N6O2.HI/c1-21(2,3)29-20(28)24-17-10-12-26(15-17)19(22-4)23-14-16-11-13-27(25-16)18-8-6-5-7-9-18;/h5-9,11,13,17H,10,12,14-15H2,1-4H3,(H,22,23)(H,24,28);1H/t17-;/m1./s1. The molecule has 1 aromatic carbocycles. The summed E-state index contributed by atoms with van der Waals surface area (Å²) in [4.78, 5) is 18.5. The summed E-state index contributed by atoms with van der Waals surface area (Å²) in [5.74, 6) is 0.799. The van der Waals surface area contributed by atoms with E-state index in [0.717, 1.165) is 30.3 Å². The Bertz CT molecular complexity index is 847. The number of nitrogens with one attached hydrogen (secondary N) is 2. The maximum absolute atomic E-state index is 12.0. The Morgan fingerprint density at radius 3 is 2.67 bits per heavy atom. The fraction of sp³-hybridized carbons (Fsp3) is 0.476. The van der Waals surface area contributed by atoms with Gasteiger partial charge in [0.2, 0.25) is 0 Å². The minimum absolute atomic E-state index is 0. The number of nitrogens with zero attached hydrogens (tertiary/aromatic N) is 4. The van der Waals surface area contributed by atoms with Crippen LogP contribution in [0.5, 0.6) is 0 Å². The van der Waals surface area contributed by atoms with E-state index in [1.165, 1.54) is 0 Å². The molecule has 0 unspecified atom stereocenters. The van der Waals surface area contributed by atoms with Crippen molar-refractivity contribution in [3.8, 4) is 5.69 Å². The first-order chi connectivity index (χ1) is 13.8. The Kier molecular flexibility index (Phi) is 8.51. The maximum Gasteiger partial charge on any atom is 0.407 e. The highest BCUT2D eigenvalue weighted by Gasteiger charge is 2.27. The first kappa shape index (κ1) is 24.0. The van der Waals surface area contributed by atoms with Crippen molar-refractivity contribution in [1.82, 2.24) is 25.3 Å². The van der Waals surface area contributed by atoms with Crippen LogP contribution in [0.25, 0.3) is 5.69 Å². The topological polar surface area (TPSA) is 83.8 Å². The number of hydrogen-bond donors (Lipinski definition) is 2. The van der Waals surface area contributed by atoms with Gasteiger partial charge in [0.05, 0.1) is 24.0 Å². The molecule has 0 aliphatic carbocycles. The Labute approximate surface area is 195 Å². The van der Waals surface area contributed by atoms with Crippen molar-refractivity contribution in [3.63, 3.8) is 0 Å². The van der Waals surface area contributed by atoms with Crippen molar-refractivity contribution >= 4 is 36.0 Å². The van der Waals surface area contributed by atoms with Crippen LogP contribution >= 0.6 is 24.0 Å². The lowest BCUT2D eigenvalue weighted by Gasteiger charge is -2.23. The molecular formula is C21H31IN6O2. The first-order valence-electron chi connectivity index (χ1n) is 9.89. The number of guanidine groups is 1. The molecule has 2 N–H and O–H groups in total. The van der Waals surface area contributed by atoms with Crippen LogP contribution in [-0.4, -0.2) is 58.5 Å². The number of halogens is 1. The molecule has 30 heavy (non-hydrogen) atoms. The third kappa shape index (κ3) is 6.89. The van der Waals surface area contributed by atoms with E-state index < -0.39 is 5.60 Å². The second kappa shape index (κ2) is 10.6. The number of hydrogen-bond acceptors (Lipinski definition) is 4. The van der Waals surface area contributed by atoms with Gasteiger partial charge in [-0.2, -0.15) is 5.10 Å². The summed E-state index contributed by atoms with van der Waals surface area (Å²) in [6, 6.07) is 12.0. The summed E-state index contributed by atoms with van der Waals surface area (Å²) in [6.45, 7) is 7.67. The highest BCUT2D eigenvalue weighted by molar-refractivity contribution is 14.0. The average molecular weight is 526 g/mol. The molecule has 9 heteroatoms. The Morgan fingerprint density at radius 2 is 2.00 bits per heavy atom. The van der Waals surface area contributed by atoms with Gasteiger partial charge in [0.1, 0.15) is 5.60 Å². The molecule has 1 atom stereocenters. The summed E-state index contributed by atoms with van der Waals surface area (Å²) >= 11 is 0. The molecule has 1 saturated heterocycles. The van der Waals surface area contributed by atoms with Gasteiger partial charge in [-0.05, 0) is 45.4 Å². The number of carbonyl (C=O) groups is 1. The lowest BCUT2D eigenvalue weighted by molar-refractivity contribution is 0.0507. The molecule has 0 saturated carbocycles. The van der Waals surface area contributed by atoms with Crippen LogP contribution in [0.15, 0.2) is 47.6 Å². The number of likely N-dealkylation sites (tertiary alicyclic amines) is 1. The van der Waals surface area contributed by atoms with Crippen molar-refractivity contribution in [2.45, 2.75) is 45.4 Å². The molecule has 1 aliphatic heterocycles. The molecule has 8 nitrogen and oxygen atoms in total. The van der Waals surface area contributed by atoms with E-state index in [4.69, 9.17) is 4.74 Å². The molecule has 1 fully saturated rings. The highest BCUT2D eigenvalue weighted by Crippen LogP contribution is 2.12. The monoisotopic (exact) mass is 526 g/mol. The molecule has 0 bridgehead atoms. The smallest absolute Gasteiger partial charge is 0.407 e. The van der Waals surface area contributed by atoms with E-state index in [1.807, 2.05) is 68.0 Å². The Morgan fingerprint density at radius 1 is 1.27 bits per heavy atom. The van der Waals surface area contributed by atoms with Crippen molar-refractivity contribution in [2.24, 2.45) is 4.99 Å². The molecular weight excluding hydrogens is 495 g/mol. The number of rotatable bonds is 4. The quantitative estimate of drug-likeness (QED) is 0.364. The van der Waals surface area contributed by atoms with Crippen molar-refractivity contribution in [2.75, 3.05) is 20.1 Å². The average Bonchev–Trinajstić information content (AvgIpc) is 3.31. The van der Waals surface area contributed by atoms with Crippen LogP contribution in [0.2, 0.25) is 0 Å². The zero-order chi connectivity index (χ0) is 20.9. The van der Waals surface area contributed by atoms with E-state index in [0.29, 0.717) is 13.1 Å². The van der Waals surface area contributed by atoms with E-state index in [2.05, 4.69) is 25.6 Å². The van der Waals surface area contributed by atoms with Gasteiger partial charge in [-0.1, -0.05) is 18.2 Å². The van der Waals surface area contributed by atoms with E-state index in [-0.39, 0.29) is 36.1 Å². The molecule has 3 rings (SSSR count). The summed E-state index contributed by atoms with van der Waals surface area (Å²) < 4.78 is 7.20. The molecule has 2 aromatic rings. The number of carbonyl (C=O) groups excluding carboxylic acids is 1. The van der Waals surface area contributed by atoms with Crippen molar-refractivity contribution in [3.05, 3.63) is 48.3 Å². The van der Waals surface area contributed by atoms with Gasteiger partial charge in [-0.25, -0.2) is 9.48 Å². The van der Waals surface area contributed by atoms with Gasteiger partial charge in [-0.15, -0.1) is 24.0 Å². The number of ether oxygens (including phenoxy) is 1. The van der Waals surface area contributed by atoms with Gasteiger partial charge in [0.25, 0.3) is 0 Å². The predicted molar refractivity (Wildman–Crippen MR) is 129 cm³/mol. The van der Waals surface area contributed by atoms with E-state index in [9.17, 15) is 4.79 Å². The molecule has 1 amide bonds. The van der Waals surface area contributed by atoms with Gasteiger partial charge in [0.15, 0.2) is 5.96 Å². The Hall–Kier alpha value is -2.30. The maximum atomic E-state index is 12.0. The van der Waals surface area contributed by atoms with Crippen molar-refractivity contribution < 1.29 is 9.53 Å². The third-order valence-corrected chi connectivity index (χ3v) is 4.51. The lowest BCUT2D eigenvalue weighted by Crippen LogP contribution is -2.44. The molecule has 164 valence electrons. The predicted octanol–water partition coefficient (Wildman–Crippen LogP) is 3.16.